The number of pyridine rings is 1. The highest BCUT2D eigenvalue weighted by molar-refractivity contribution is 6.30. The summed E-state index contributed by atoms with van der Waals surface area (Å²) in [7, 11) is 0. The fraction of sp³-hybridized carbons (Fsp3) is 0. The minimum Gasteiger partial charge on any atom is -0.399 e. The van der Waals surface area contributed by atoms with Gasteiger partial charge in [0.15, 0.2) is 5.65 Å². The molecule has 0 amide bonds. The minimum absolute atomic E-state index is 0.221. The van der Waals surface area contributed by atoms with Gasteiger partial charge in [0.25, 0.3) is 5.56 Å². The molecule has 8 heteroatoms. The molecule has 0 radical (unpaired) electrons. The summed E-state index contributed by atoms with van der Waals surface area (Å²) in [5.74, 6) is 0.472. The fourth-order valence-corrected chi connectivity index (χ4v) is 4.22. The molecule has 0 aliphatic carbocycles. The molecule has 0 bridgehead atoms. The number of aromatic nitrogens is 5. The van der Waals surface area contributed by atoms with Crippen LogP contribution in [0.2, 0.25) is 5.02 Å². The Labute approximate surface area is 211 Å². The number of nitrogens with zero attached hydrogens (tertiary/aromatic N) is 5. The maximum absolute atomic E-state index is 13.8. The highest BCUT2D eigenvalue weighted by Gasteiger charge is 2.18. The molecule has 0 aliphatic heterocycles. The molecule has 36 heavy (non-hydrogen) atoms. The first-order chi connectivity index (χ1) is 17.6. The van der Waals surface area contributed by atoms with Gasteiger partial charge in [0.1, 0.15) is 11.2 Å². The second kappa shape index (κ2) is 8.79. The maximum Gasteiger partial charge on any atom is 0.269 e. The van der Waals surface area contributed by atoms with Crippen molar-refractivity contribution in [1.29, 1.82) is 0 Å². The fourth-order valence-electron chi connectivity index (χ4n) is 4.10. The van der Waals surface area contributed by atoms with Crippen LogP contribution in [-0.4, -0.2) is 24.3 Å². The monoisotopic (exact) mass is 490 g/mol. The lowest BCUT2D eigenvalue weighted by Crippen LogP contribution is -2.21. The van der Waals surface area contributed by atoms with Crippen LogP contribution in [0.3, 0.4) is 0 Å². The van der Waals surface area contributed by atoms with E-state index in [0.717, 1.165) is 22.5 Å². The molecule has 174 valence electrons. The lowest BCUT2D eigenvalue weighted by atomic mass is 10.1. The van der Waals surface area contributed by atoms with Crippen LogP contribution in [0.5, 0.6) is 0 Å². The van der Waals surface area contributed by atoms with Gasteiger partial charge in [0.2, 0.25) is 0 Å². The molecule has 6 rings (SSSR count). The molecular formula is C28H19ClN6O. The van der Waals surface area contributed by atoms with E-state index in [1.807, 2.05) is 60.7 Å². The predicted octanol–water partition coefficient (Wildman–Crippen LogP) is 5.54. The molecule has 0 saturated carbocycles. The van der Waals surface area contributed by atoms with Crippen LogP contribution < -0.4 is 11.3 Å². The number of anilines is 1. The van der Waals surface area contributed by atoms with Gasteiger partial charge in [-0.2, -0.15) is 0 Å². The Kier molecular flexibility index (Phi) is 5.32. The molecule has 3 aromatic heterocycles. The smallest absolute Gasteiger partial charge is 0.269 e. The summed E-state index contributed by atoms with van der Waals surface area (Å²) in [6, 6.07) is 28.0. The molecule has 7 nitrogen and oxygen atoms in total. The average molecular weight is 491 g/mol. The normalized spacial score (nSPS) is 11.1. The Morgan fingerprint density at radius 3 is 2.25 bits per heavy atom. The van der Waals surface area contributed by atoms with Crippen LogP contribution in [0, 0.1) is 0 Å². The highest BCUT2D eigenvalue weighted by Crippen LogP contribution is 2.26. The number of nitrogen functional groups attached to an aromatic ring is 1. The first kappa shape index (κ1) is 21.8. The van der Waals surface area contributed by atoms with Crippen molar-refractivity contribution in [3.63, 3.8) is 0 Å². The van der Waals surface area contributed by atoms with Crippen LogP contribution in [-0.2, 0) is 0 Å². The lowest BCUT2D eigenvalue weighted by Gasteiger charge is -2.13. The van der Waals surface area contributed by atoms with E-state index in [0.29, 0.717) is 33.3 Å². The Morgan fingerprint density at radius 2 is 1.53 bits per heavy atom. The van der Waals surface area contributed by atoms with Gasteiger partial charge in [0, 0.05) is 34.2 Å². The van der Waals surface area contributed by atoms with Crippen molar-refractivity contribution in [3.05, 3.63) is 119 Å². The van der Waals surface area contributed by atoms with Gasteiger partial charge >= 0.3 is 0 Å². The Morgan fingerprint density at radius 1 is 0.806 bits per heavy atom. The third-order valence-corrected chi connectivity index (χ3v) is 6.13. The van der Waals surface area contributed by atoms with Crippen molar-refractivity contribution in [2.45, 2.75) is 0 Å². The zero-order valence-electron chi connectivity index (χ0n) is 18.9. The van der Waals surface area contributed by atoms with Gasteiger partial charge in [-0.3, -0.25) is 14.3 Å². The second-order valence-corrected chi connectivity index (χ2v) is 8.69. The van der Waals surface area contributed by atoms with Crippen molar-refractivity contribution in [2.24, 2.45) is 0 Å². The number of fused-ring (bicyclic) bond motifs is 1. The zero-order valence-corrected chi connectivity index (χ0v) is 19.7. The minimum atomic E-state index is -0.221. The highest BCUT2D eigenvalue weighted by atomic mass is 35.5. The summed E-state index contributed by atoms with van der Waals surface area (Å²) in [6.07, 6.45) is 3.39. The number of nitrogens with two attached hydrogens (primary N) is 1. The molecule has 0 fully saturated rings. The molecule has 3 aromatic carbocycles. The van der Waals surface area contributed by atoms with Crippen molar-refractivity contribution in [1.82, 2.24) is 24.3 Å². The summed E-state index contributed by atoms with van der Waals surface area (Å²) >= 11 is 6.12. The molecule has 0 unspecified atom stereocenters. The van der Waals surface area contributed by atoms with E-state index in [2.05, 4.69) is 10.1 Å². The molecule has 3 heterocycles. The number of benzene rings is 3. The SMILES string of the molecule is Nc1ccnc(-c2ccc(-c3nc4nn(-c5ccccc5)cc4c(=O)n3-c3ccc(Cl)cc3)cc2)c1. The summed E-state index contributed by atoms with van der Waals surface area (Å²) in [5.41, 5.74) is 10.6. The molecule has 0 saturated heterocycles. The Bertz CT molecular complexity index is 1760. The third-order valence-electron chi connectivity index (χ3n) is 5.88. The van der Waals surface area contributed by atoms with Crippen molar-refractivity contribution < 1.29 is 0 Å². The number of hydrogen-bond acceptors (Lipinski definition) is 5. The summed E-state index contributed by atoms with van der Waals surface area (Å²) in [4.78, 5) is 23.0. The van der Waals surface area contributed by atoms with Gasteiger partial charge in [-0.05, 0) is 48.5 Å². The van der Waals surface area contributed by atoms with Crippen LogP contribution in [0.25, 0.3) is 45.1 Å². The predicted molar refractivity (Wildman–Crippen MR) is 143 cm³/mol. The average Bonchev–Trinajstić information content (AvgIpc) is 3.35. The van der Waals surface area contributed by atoms with Gasteiger partial charge in [-0.25, -0.2) is 9.67 Å². The van der Waals surface area contributed by atoms with Gasteiger partial charge in [-0.15, -0.1) is 5.10 Å². The van der Waals surface area contributed by atoms with E-state index >= 15 is 0 Å². The van der Waals surface area contributed by atoms with Crippen LogP contribution >= 0.6 is 11.6 Å². The molecule has 2 N–H and O–H groups in total. The van der Waals surface area contributed by atoms with E-state index in [1.54, 1.807) is 52.0 Å². The van der Waals surface area contributed by atoms with E-state index in [-0.39, 0.29) is 5.56 Å². The second-order valence-electron chi connectivity index (χ2n) is 8.25. The number of hydrogen-bond donors (Lipinski definition) is 1. The molecule has 0 aliphatic rings. The summed E-state index contributed by atoms with van der Waals surface area (Å²) in [5, 5.41) is 5.60. The third kappa shape index (κ3) is 3.91. The quantitative estimate of drug-likeness (QED) is 0.350. The number of halogens is 1. The first-order valence-electron chi connectivity index (χ1n) is 11.2. The van der Waals surface area contributed by atoms with Gasteiger partial charge < -0.3 is 5.73 Å². The number of rotatable bonds is 4. The van der Waals surface area contributed by atoms with Gasteiger partial charge in [-0.1, -0.05) is 54.1 Å². The van der Waals surface area contributed by atoms with Gasteiger partial charge in [0.05, 0.1) is 17.1 Å². The van der Waals surface area contributed by atoms with E-state index < -0.39 is 0 Å². The Hall–Kier alpha value is -4.75. The van der Waals surface area contributed by atoms with E-state index in [4.69, 9.17) is 22.3 Å². The molecular weight excluding hydrogens is 472 g/mol. The molecule has 0 atom stereocenters. The van der Waals surface area contributed by atoms with Crippen molar-refractivity contribution >= 4 is 28.3 Å². The summed E-state index contributed by atoms with van der Waals surface area (Å²) < 4.78 is 3.26. The van der Waals surface area contributed by atoms with E-state index in [9.17, 15) is 4.79 Å². The molecule has 0 spiro atoms. The van der Waals surface area contributed by atoms with Crippen LogP contribution in [0.4, 0.5) is 5.69 Å². The van der Waals surface area contributed by atoms with E-state index in [1.165, 1.54) is 0 Å². The maximum atomic E-state index is 13.8. The summed E-state index contributed by atoms with van der Waals surface area (Å²) in [6.45, 7) is 0. The lowest BCUT2D eigenvalue weighted by molar-refractivity contribution is 0.888. The van der Waals surface area contributed by atoms with Crippen molar-refractivity contribution in [3.8, 4) is 34.0 Å². The zero-order chi connectivity index (χ0) is 24.6. The van der Waals surface area contributed by atoms with Crippen molar-refractivity contribution in [2.75, 3.05) is 5.73 Å². The standard InChI is InChI=1S/C28H19ClN6O/c29-20-10-12-23(13-11-20)35-27(19-8-6-18(7-9-19)25-16-21(30)14-15-31-25)32-26-24(28(35)36)17-34(33-26)22-4-2-1-3-5-22/h1-17H,(H2,30,31). The topological polar surface area (TPSA) is 91.6 Å². The largest absolute Gasteiger partial charge is 0.399 e. The Balaban J connectivity index is 1.55. The number of para-hydroxylation sites is 1. The first-order valence-corrected chi connectivity index (χ1v) is 11.6. The van der Waals surface area contributed by atoms with Crippen LogP contribution in [0.1, 0.15) is 0 Å². The molecule has 6 aromatic rings. The van der Waals surface area contributed by atoms with Crippen LogP contribution in [0.15, 0.2) is 108 Å².